The monoisotopic (exact) mass is 227 g/mol. The molecule has 1 aromatic rings. The molecule has 0 radical (unpaired) electrons. The summed E-state index contributed by atoms with van der Waals surface area (Å²) in [6.07, 6.45) is 2.48. The van der Waals surface area contributed by atoms with Crippen molar-refractivity contribution in [3.63, 3.8) is 0 Å². The van der Waals surface area contributed by atoms with E-state index in [1.807, 2.05) is 6.07 Å². The number of primary sulfonamides is 1. The van der Waals surface area contributed by atoms with E-state index in [0.29, 0.717) is 11.7 Å². The SMILES string of the molecule is NS(=O)(=O)Cc1cccc(OC2CC2)c1. The summed E-state index contributed by atoms with van der Waals surface area (Å²) in [5.41, 5.74) is 0.663. The summed E-state index contributed by atoms with van der Waals surface area (Å²) < 4.78 is 27.3. The van der Waals surface area contributed by atoms with Crippen LogP contribution in [0.4, 0.5) is 0 Å². The molecule has 0 bridgehead atoms. The number of hydrogen-bond donors (Lipinski definition) is 1. The van der Waals surface area contributed by atoms with E-state index in [9.17, 15) is 8.42 Å². The molecular weight excluding hydrogens is 214 g/mol. The van der Waals surface area contributed by atoms with Crippen molar-refractivity contribution >= 4 is 10.0 Å². The number of rotatable bonds is 4. The first-order chi connectivity index (χ1) is 7.03. The maximum atomic E-state index is 10.9. The van der Waals surface area contributed by atoms with Crippen LogP contribution in [-0.4, -0.2) is 14.5 Å². The number of nitrogens with two attached hydrogens (primary N) is 1. The molecule has 4 nitrogen and oxygen atoms in total. The van der Waals surface area contributed by atoms with E-state index >= 15 is 0 Å². The molecule has 0 spiro atoms. The van der Waals surface area contributed by atoms with Crippen LogP contribution < -0.4 is 9.88 Å². The summed E-state index contributed by atoms with van der Waals surface area (Å²) in [4.78, 5) is 0. The Bertz CT molecular complexity index is 451. The second-order valence-corrected chi connectivity index (χ2v) is 5.39. The third-order valence-corrected chi connectivity index (χ3v) is 2.83. The van der Waals surface area contributed by atoms with Gasteiger partial charge in [0.15, 0.2) is 0 Å². The van der Waals surface area contributed by atoms with Gasteiger partial charge in [0.25, 0.3) is 0 Å². The van der Waals surface area contributed by atoms with Gasteiger partial charge in [0.2, 0.25) is 10.0 Å². The van der Waals surface area contributed by atoms with Crippen molar-refractivity contribution in [3.8, 4) is 5.75 Å². The summed E-state index contributed by atoms with van der Waals surface area (Å²) >= 11 is 0. The first-order valence-electron chi connectivity index (χ1n) is 4.79. The molecular formula is C10H13NO3S. The summed E-state index contributed by atoms with van der Waals surface area (Å²) in [6, 6.07) is 7.05. The van der Waals surface area contributed by atoms with Crippen molar-refractivity contribution in [1.82, 2.24) is 0 Å². The van der Waals surface area contributed by atoms with E-state index in [2.05, 4.69) is 0 Å². The van der Waals surface area contributed by atoms with Gasteiger partial charge in [0, 0.05) is 0 Å². The minimum atomic E-state index is -3.46. The van der Waals surface area contributed by atoms with Crippen molar-refractivity contribution in [2.24, 2.45) is 5.14 Å². The zero-order valence-electron chi connectivity index (χ0n) is 8.22. The van der Waals surface area contributed by atoms with Gasteiger partial charge >= 0.3 is 0 Å². The predicted molar refractivity (Wildman–Crippen MR) is 56.9 cm³/mol. The molecule has 2 rings (SSSR count). The van der Waals surface area contributed by atoms with Gasteiger partial charge in [-0.1, -0.05) is 12.1 Å². The molecule has 0 amide bonds. The lowest BCUT2D eigenvalue weighted by Gasteiger charge is -2.05. The lowest BCUT2D eigenvalue weighted by atomic mass is 10.2. The minimum Gasteiger partial charge on any atom is -0.490 e. The highest BCUT2D eigenvalue weighted by molar-refractivity contribution is 7.88. The van der Waals surface area contributed by atoms with Gasteiger partial charge in [-0.3, -0.25) is 0 Å². The van der Waals surface area contributed by atoms with Crippen LogP contribution in [0.25, 0.3) is 0 Å². The van der Waals surface area contributed by atoms with Crippen molar-refractivity contribution in [2.45, 2.75) is 24.7 Å². The smallest absolute Gasteiger partial charge is 0.213 e. The number of benzene rings is 1. The Hall–Kier alpha value is -1.07. The highest BCUT2D eigenvalue weighted by atomic mass is 32.2. The maximum absolute atomic E-state index is 10.9. The first kappa shape index (κ1) is 10.4. The highest BCUT2D eigenvalue weighted by Crippen LogP contribution is 2.27. The Morgan fingerprint density at radius 3 is 2.73 bits per heavy atom. The number of ether oxygens (including phenoxy) is 1. The molecule has 0 heterocycles. The van der Waals surface area contributed by atoms with E-state index in [-0.39, 0.29) is 5.75 Å². The molecule has 1 fully saturated rings. The quantitative estimate of drug-likeness (QED) is 0.834. The fourth-order valence-corrected chi connectivity index (χ4v) is 1.96. The second-order valence-electron chi connectivity index (χ2n) is 3.77. The average molecular weight is 227 g/mol. The van der Waals surface area contributed by atoms with E-state index in [0.717, 1.165) is 18.6 Å². The van der Waals surface area contributed by atoms with E-state index in [1.165, 1.54) is 0 Å². The molecule has 5 heteroatoms. The van der Waals surface area contributed by atoms with Gasteiger partial charge in [-0.15, -0.1) is 0 Å². The third kappa shape index (κ3) is 3.53. The number of hydrogen-bond acceptors (Lipinski definition) is 3. The highest BCUT2D eigenvalue weighted by Gasteiger charge is 2.23. The molecule has 0 atom stereocenters. The van der Waals surface area contributed by atoms with Crippen LogP contribution in [0, 0.1) is 0 Å². The van der Waals surface area contributed by atoms with E-state index in [4.69, 9.17) is 9.88 Å². The zero-order valence-corrected chi connectivity index (χ0v) is 9.03. The van der Waals surface area contributed by atoms with Crippen molar-refractivity contribution in [2.75, 3.05) is 0 Å². The van der Waals surface area contributed by atoms with Crippen LogP contribution in [0.15, 0.2) is 24.3 Å². The van der Waals surface area contributed by atoms with Crippen LogP contribution in [0.3, 0.4) is 0 Å². The van der Waals surface area contributed by atoms with Gasteiger partial charge in [-0.25, -0.2) is 13.6 Å². The zero-order chi connectivity index (χ0) is 10.9. The maximum Gasteiger partial charge on any atom is 0.213 e. The molecule has 1 saturated carbocycles. The van der Waals surface area contributed by atoms with Gasteiger partial charge < -0.3 is 4.74 Å². The van der Waals surface area contributed by atoms with Crippen LogP contribution in [0.2, 0.25) is 0 Å². The fraction of sp³-hybridized carbons (Fsp3) is 0.400. The molecule has 0 saturated heterocycles. The van der Waals surface area contributed by atoms with Crippen molar-refractivity contribution < 1.29 is 13.2 Å². The molecule has 1 aliphatic carbocycles. The standard InChI is InChI=1S/C10H13NO3S/c11-15(12,13)7-8-2-1-3-10(6-8)14-9-4-5-9/h1-3,6,9H,4-5,7H2,(H2,11,12,13). The minimum absolute atomic E-state index is 0.144. The first-order valence-corrected chi connectivity index (χ1v) is 6.50. The summed E-state index contributed by atoms with van der Waals surface area (Å²) in [6.45, 7) is 0. The average Bonchev–Trinajstić information content (AvgIpc) is 2.85. The van der Waals surface area contributed by atoms with Crippen LogP contribution in [0.5, 0.6) is 5.75 Å². The van der Waals surface area contributed by atoms with Crippen LogP contribution >= 0.6 is 0 Å². The predicted octanol–water partition coefficient (Wildman–Crippen LogP) is 1.02. The summed E-state index contributed by atoms with van der Waals surface area (Å²) in [7, 11) is -3.46. The fourth-order valence-electron chi connectivity index (χ4n) is 1.32. The van der Waals surface area contributed by atoms with Crippen LogP contribution in [-0.2, 0) is 15.8 Å². The van der Waals surface area contributed by atoms with Gasteiger partial charge in [-0.05, 0) is 30.5 Å². The molecule has 1 aliphatic rings. The van der Waals surface area contributed by atoms with Crippen LogP contribution in [0.1, 0.15) is 18.4 Å². The summed E-state index contributed by atoms with van der Waals surface area (Å²) in [5, 5.41) is 4.96. The van der Waals surface area contributed by atoms with E-state index < -0.39 is 10.0 Å². The van der Waals surface area contributed by atoms with Gasteiger partial charge in [0.05, 0.1) is 11.9 Å². The van der Waals surface area contributed by atoms with Gasteiger partial charge in [-0.2, -0.15) is 0 Å². The van der Waals surface area contributed by atoms with Crippen molar-refractivity contribution in [1.29, 1.82) is 0 Å². The number of sulfonamides is 1. The molecule has 0 aliphatic heterocycles. The molecule has 2 N–H and O–H groups in total. The molecule has 82 valence electrons. The Morgan fingerprint density at radius 2 is 2.13 bits per heavy atom. The molecule has 0 unspecified atom stereocenters. The third-order valence-electron chi connectivity index (χ3n) is 2.09. The summed E-state index contributed by atoms with van der Waals surface area (Å²) in [5.74, 6) is 0.577. The Kier molecular flexibility index (Phi) is 2.67. The lowest BCUT2D eigenvalue weighted by Crippen LogP contribution is -2.14. The van der Waals surface area contributed by atoms with Gasteiger partial charge in [0.1, 0.15) is 5.75 Å². The Labute approximate surface area is 89.1 Å². The molecule has 15 heavy (non-hydrogen) atoms. The Morgan fingerprint density at radius 1 is 1.40 bits per heavy atom. The topological polar surface area (TPSA) is 69.4 Å². The largest absolute Gasteiger partial charge is 0.490 e. The second kappa shape index (κ2) is 3.83. The van der Waals surface area contributed by atoms with E-state index in [1.54, 1.807) is 18.2 Å². The normalized spacial score (nSPS) is 16.3. The molecule has 1 aromatic carbocycles. The lowest BCUT2D eigenvalue weighted by molar-refractivity contribution is 0.303. The molecule has 0 aromatic heterocycles. The van der Waals surface area contributed by atoms with Crippen molar-refractivity contribution in [3.05, 3.63) is 29.8 Å². The Balaban J connectivity index is 2.10.